The van der Waals surface area contributed by atoms with Crippen molar-refractivity contribution in [3.05, 3.63) is 29.3 Å². The summed E-state index contributed by atoms with van der Waals surface area (Å²) in [6, 6.07) is 7.45. The highest BCUT2D eigenvalue weighted by molar-refractivity contribution is 7.78. The second kappa shape index (κ2) is 5.01. The van der Waals surface area contributed by atoms with E-state index in [0.717, 1.165) is 17.6 Å². The third-order valence-electron chi connectivity index (χ3n) is 6.27. The van der Waals surface area contributed by atoms with Crippen molar-refractivity contribution >= 4 is 23.1 Å². The average Bonchev–Trinajstić information content (AvgIpc) is 2.52. The highest BCUT2D eigenvalue weighted by Gasteiger charge is 2.52. The molecule has 0 unspecified atom stereocenters. The van der Waals surface area contributed by atoms with E-state index < -0.39 is 0 Å². The third-order valence-corrected chi connectivity index (χ3v) is 6.36. The van der Waals surface area contributed by atoms with Gasteiger partial charge in [0.05, 0.1) is 10.8 Å². The number of rotatable bonds is 1. The lowest BCUT2D eigenvalue weighted by Crippen LogP contribution is -2.59. The summed E-state index contributed by atoms with van der Waals surface area (Å²) in [6.45, 7) is 1.24. The van der Waals surface area contributed by atoms with Crippen molar-refractivity contribution in [3.63, 3.8) is 0 Å². The van der Waals surface area contributed by atoms with Crippen molar-refractivity contribution < 1.29 is 0 Å². The highest BCUT2D eigenvalue weighted by Crippen LogP contribution is 2.55. The summed E-state index contributed by atoms with van der Waals surface area (Å²) in [4.78, 5) is 6.84. The highest BCUT2D eigenvalue weighted by atomic mass is 32.1. The lowest BCUT2D eigenvalue weighted by Gasteiger charge is -2.58. The number of thiocarbonyl (C=S) groups is 1. The lowest BCUT2D eigenvalue weighted by atomic mass is 9.52. The quantitative estimate of drug-likeness (QED) is 0.573. The molecule has 3 aliphatic rings. The molecule has 0 spiro atoms. The number of likely N-dealkylation sites (tertiary alicyclic amines) is 1. The minimum atomic E-state index is 0.413. The first kappa shape index (κ1) is 13.6. The summed E-state index contributed by atoms with van der Waals surface area (Å²) < 4.78 is 0. The Morgan fingerprint density at radius 3 is 3.10 bits per heavy atom. The van der Waals surface area contributed by atoms with Crippen LogP contribution < -0.4 is 0 Å². The number of nitrogens with zero attached hydrogens (tertiary/aromatic N) is 2. The second-order valence-electron chi connectivity index (χ2n) is 7.06. The van der Waals surface area contributed by atoms with E-state index in [1.807, 2.05) is 0 Å². The Balaban J connectivity index is 1.89. The van der Waals surface area contributed by atoms with Crippen LogP contribution in [-0.2, 0) is 11.8 Å². The van der Waals surface area contributed by atoms with E-state index in [1.54, 1.807) is 11.1 Å². The average molecular weight is 298 g/mol. The molecule has 1 heterocycles. The Morgan fingerprint density at radius 1 is 1.33 bits per heavy atom. The largest absolute Gasteiger partial charge is 0.303 e. The minimum Gasteiger partial charge on any atom is -0.303 e. The van der Waals surface area contributed by atoms with Crippen LogP contribution in [0.4, 0.5) is 5.69 Å². The number of hydrogen-bond donors (Lipinski definition) is 0. The van der Waals surface area contributed by atoms with E-state index in [-0.39, 0.29) is 0 Å². The fraction of sp³-hybridized carbons (Fsp3) is 0.611. The van der Waals surface area contributed by atoms with Crippen molar-refractivity contribution in [1.82, 2.24) is 4.90 Å². The van der Waals surface area contributed by atoms with Crippen LogP contribution >= 0.6 is 12.2 Å². The third kappa shape index (κ3) is 1.95. The Labute approximate surface area is 132 Å². The number of aliphatic imine (C=N–C) groups is 1. The van der Waals surface area contributed by atoms with Crippen molar-refractivity contribution in [2.45, 2.75) is 50.0 Å². The maximum atomic E-state index is 4.78. The van der Waals surface area contributed by atoms with Crippen LogP contribution in [0.15, 0.2) is 23.2 Å². The van der Waals surface area contributed by atoms with Crippen molar-refractivity contribution in [2.24, 2.45) is 10.9 Å². The van der Waals surface area contributed by atoms with Gasteiger partial charge in [-0.05, 0) is 80.7 Å². The first-order chi connectivity index (χ1) is 10.2. The molecule has 0 N–H and O–H groups in total. The van der Waals surface area contributed by atoms with Gasteiger partial charge in [0.1, 0.15) is 0 Å². The van der Waals surface area contributed by atoms with Crippen LogP contribution in [0.2, 0.25) is 0 Å². The van der Waals surface area contributed by atoms with Crippen LogP contribution in [0.1, 0.15) is 43.2 Å². The van der Waals surface area contributed by atoms with E-state index in [0.29, 0.717) is 5.41 Å². The smallest absolute Gasteiger partial charge is 0.0742 e. The van der Waals surface area contributed by atoms with Crippen molar-refractivity contribution in [1.29, 1.82) is 0 Å². The maximum absolute atomic E-state index is 4.78. The number of isothiocyanates is 1. The van der Waals surface area contributed by atoms with E-state index in [9.17, 15) is 0 Å². The molecule has 3 atom stereocenters. The molecule has 4 rings (SSSR count). The summed E-state index contributed by atoms with van der Waals surface area (Å²) >= 11 is 4.78. The molecule has 1 saturated carbocycles. The monoisotopic (exact) mass is 298 g/mol. The normalized spacial score (nSPS) is 34.5. The zero-order valence-electron chi connectivity index (χ0n) is 12.6. The molecular weight excluding hydrogens is 276 g/mol. The topological polar surface area (TPSA) is 15.6 Å². The van der Waals surface area contributed by atoms with Crippen LogP contribution in [0.5, 0.6) is 0 Å². The van der Waals surface area contributed by atoms with Gasteiger partial charge in [-0.1, -0.05) is 18.9 Å². The Kier molecular flexibility index (Phi) is 3.25. The van der Waals surface area contributed by atoms with Crippen molar-refractivity contribution in [2.75, 3.05) is 13.6 Å². The summed E-state index contributed by atoms with van der Waals surface area (Å²) in [6.07, 6.45) is 8.06. The molecular formula is C18H22N2S. The molecule has 21 heavy (non-hydrogen) atoms. The van der Waals surface area contributed by atoms with Gasteiger partial charge in [0, 0.05) is 11.5 Å². The number of benzene rings is 1. The molecule has 0 radical (unpaired) electrons. The second-order valence-corrected chi connectivity index (χ2v) is 7.24. The van der Waals surface area contributed by atoms with Gasteiger partial charge in [-0.25, -0.2) is 0 Å². The van der Waals surface area contributed by atoms with E-state index in [2.05, 4.69) is 40.3 Å². The van der Waals surface area contributed by atoms with Crippen molar-refractivity contribution in [3.8, 4) is 0 Å². The SMILES string of the molecule is CN1CC[C@@]23CCCC[C@H]2[C@@H]1Cc1ccc(N=C=S)cc13. The maximum Gasteiger partial charge on any atom is 0.0742 e. The van der Waals surface area contributed by atoms with Gasteiger partial charge in [0.25, 0.3) is 0 Å². The number of hydrogen-bond acceptors (Lipinski definition) is 3. The van der Waals surface area contributed by atoms with E-state index >= 15 is 0 Å². The molecule has 2 nitrogen and oxygen atoms in total. The Bertz CT molecular complexity index is 620. The van der Waals surface area contributed by atoms with E-state index in [4.69, 9.17) is 12.2 Å². The predicted molar refractivity (Wildman–Crippen MR) is 89.5 cm³/mol. The van der Waals surface area contributed by atoms with Crippen LogP contribution in [-0.4, -0.2) is 29.7 Å². The number of piperidine rings is 1. The van der Waals surface area contributed by atoms with Gasteiger partial charge < -0.3 is 4.90 Å². The molecule has 1 saturated heterocycles. The van der Waals surface area contributed by atoms with Crippen LogP contribution in [0, 0.1) is 5.92 Å². The Hall–Kier alpha value is -1.02. The molecule has 1 aliphatic heterocycles. The fourth-order valence-electron chi connectivity index (χ4n) is 5.31. The van der Waals surface area contributed by atoms with Gasteiger partial charge in [0.15, 0.2) is 0 Å². The Morgan fingerprint density at radius 2 is 2.24 bits per heavy atom. The van der Waals surface area contributed by atoms with Gasteiger partial charge >= 0.3 is 0 Å². The first-order valence-corrected chi connectivity index (χ1v) is 8.57. The minimum absolute atomic E-state index is 0.413. The zero-order chi connectivity index (χ0) is 14.4. The van der Waals surface area contributed by atoms with E-state index in [1.165, 1.54) is 45.1 Å². The molecule has 110 valence electrons. The molecule has 3 heteroatoms. The van der Waals surface area contributed by atoms with Crippen LogP contribution in [0.3, 0.4) is 0 Å². The summed E-state index contributed by atoms with van der Waals surface area (Å²) in [5, 5.41) is 2.52. The summed E-state index contributed by atoms with van der Waals surface area (Å²) in [5.41, 5.74) is 4.53. The summed E-state index contributed by atoms with van der Waals surface area (Å²) in [7, 11) is 2.32. The molecule has 0 amide bonds. The molecule has 0 aromatic heterocycles. The lowest BCUT2D eigenvalue weighted by molar-refractivity contribution is 0.00290. The summed E-state index contributed by atoms with van der Waals surface area (Å²) in [5.74, 6) is 0.837. The standard InChI is InChI=1S/C18H22N2S/c1-20-9-8-18-7-3-2-4-15(18)17(20)10-13-5-6-14(19-12-21)11-16(13)18/h5-6,11,15,17H,2-4,7-10H2,1H3/t15-,17-,18-/m0/s1. The molecule has 1 aromatic rings. The fourth-order valence-corrected chi connectivity index (χ4v) is 5.41. The van der Waals surface area contributed by atoms with Gasteiger partial charge in [-0.3, -0.25) is 0 Å². The van der Waals surface area contributed by atoms with Gasteiger partial charge in [-0.15, -0.1) is 0 Å². The zero-order valence-corrected chi connectivity index (χ0v) is 13.5. The molecule has 2 bridgehead atoms. The first-order valence-electron chi connectivity index (χ1n) is 8.16. The number of fused-ring (bicyclic) bond motifs is 1. The van der Waals surface area contributed by atoms with Gasteiger partial charge in [-0.2, -0.15) is 4.99 Å². The molecule has 2 fully saturated rings. The van der Waals surface area contributed by atoms with Crippen LogP contribution in [0.25, 0.3) is 0 Å². The predicted octanol–water partition coefficient (Wildman–Crippen LogP) is 4.11. The van der Waals surface area contributed by atoms with Gasteiger partial charge in [0.2, 0.25) is 0 Å². The number of likely N-dealkylation sites (N-methyl/N-ethyl adjacent to an activating group) is 1. The molecule has 2 aliphatic carbocycles. The molecule has 1 aromatic carbocycles.